The Morgan fingerprint density at radius 1 is 1.91 bits per heavy atom. The monoisotopic (exact) mass is 155 g/mol. The average Bonchev–Trinajstić information content (AvgIpc) is 2.30. The van der Waals surface area contributed by atoms with Crippen LogP contribution < -0.4 is 0 Å². The van der Waals surface area contributed by atoms with Crippen molar-refractivity contribution in [3.63, 3.8) is 0 Å². The van der Waals surface area contributed by atoms with Crippen molar-refractivity contribution >= 4 is 12.0 Å². The second-order valence-corrected chi connectivity index (χ2v) is 2.34. The first kappa shape index (κ1) is 7.78. The molecule has 0 aromatic carbocycles. The first-order valence-corrected chi connectivity index (χ1v) is 3.29. The Morgan fingerprint density at radius 2 is 2.55 bits per heavy atom. The number of nitrogens with zero attached hydrogens (tertiary/aromatic N) is 1. The molecule has 1 rings (SSSR count). The summed E-state index contributed by atoms with van der Waals surface area (Å²) in [6.45, 7) is 5.29. The van der Waals surface area contributed by atoms with Gasteiger partial charge < -0.3 is 4.74 Å². The van der Waals surface area contributed by atoms with Crippen molar-refractivity contribution in [1.29, 1.82) is 0 Å². The first-order valence-electron chi connectivity index (χ1n) is 3.29. The number of rotatable bonds is 1. The molecule has 0 aliphatic carbocycles. The van der Waals surface area contributed by atoms with Gasteiger partial charge >= 0.3 is 6.09 Å². The highest BCUT2D eigenvalue weighted by Crippen LogP contribution is 2.11. The zero-order valence-corrected chi connectivity index (χ0v) is 6.24. The highest BCUT2D eigenvalue weighted by molar-refractivity contribution is 5.99. The van der Waals surface area contributed by atoms with Crippen LogP contribution in [-0.2, 0) is 9.53 Å². The van der Waals surface area contributed by atoms with Crippen molar-refractivity contribution in [1.82, 2.24) is 4.90 Å². The quantitative estimate of drug-likeness (QED) is 0.519. The predicted octanol–water partition coefficient (Wildman–Crippen LogP) is 0.540. The van der Waals surface area contributed by atoms with Crippen LogP contribution in [-0.4, -0.2) is 29.5 Å². The van der Waals surface area contributed by atoms with Crippen molar-refractivity contribution in [3.8, 4) is 0 Å². The molecular weight excluding hydrogens is 146 g/mol. The Morgan fingerprint density at radius 3 is 2.91 bits per heavy atom. The average molecular weight is 155 g/mol. The van der Waals surface area contributed by atoms with Gasteiger partial charge in [-0.1, -0.05) is 6.58 Å². The van der Waals surface area contributed by atoms with Crippen LogP contribution in [0.15, 0.2) is 12.7 Å². The third-order valence-corrected chi connectivity index (χ3v) is 1.50. The summed E-state index contributed by atoms with van der Waals surface area (Å²) < 4.78 is 4.62. The molecule has 1 atom stereocenters. The number of hydrogen-bond donors (Lipinski definition) is 0. The molecule has 0 spiro atoms. The molecule has 0 saturated carbocycles. The summed E-state index contributed by atoms with van der Waals surface area (Å²) in [7, 11) is 0. The third kappa shape index (κ3) is 1.24. The summed E-state index contributed by atoms with van der Waals surface area (Å²) >= 11 is 0. The Balaban J connectivity index is 2.76. The molecule has 1 saturated heterocycles. The molecule has 1 aliphatic rings. The van der Waals surface area contributed by atoms with Gasteiger partial charge in [-0.2, -0.15) is 0 Å². The molecule has 0 aromatic heterocycles. The van der Waals surface area contributed by atoms with Gasteiger partial charge in [0.15, 0.2) is 0 Å². The standard InChI is InChI=1S/C7H9NO3/c1-3-6(9)8-5(2)4-11-7(8)10/h3,5H,1,4H2,2H3/t5-/m1/s1. The maximum atomic E-state index is 10.9. The van der Waals surface area contributed by atoms with Crippen LogP contribution in [0.1, 0.15) is 6.92 Å². The Bertz CT molecular complexity index is 212. The van der Waals surface area contributed by atoms with E-state index in [1.54, 1.807) is 6.92 Å². The number of amides is 2. The topological polar surface area (TPSA) is 46.6 Å². The van der Waals surface area contributed by atoms with Gasteiger partial charge in [-0.25, -0.2) is 9.69 Å². The Hall–Kier alpha value is -1.32. The minimum atomic E-state index is -0.581. The first-order chi connectivity index (χ1) is 5.16. The fourth-order valence-electron chi connectivity index (χ4n) is 0.921. The van der Waals surface area contributed by atoms with Gasteiger partial charge in [0, 0.05) is 0 Å². The lowest BCUT2D eigenvalue weighted by Gasteiger charge is -2.12. The van der Waals surface area contributed by atoms with E-state index in [4.69, 9.17) is 0 Å². The fourth-order valence-corrected chi connectivity index (χ4v) is 0.921. The largest absolute Gasteiger partial charge is 0.447 e. The van der Waals surface area contributed by atoms with Gasteiger partial charge in [0.05, 0.1) is 6.04 Å². The summed E-state index contributed by atoms with van der Waals surface area (Å²) in [5.74, 6) is -0.403. The van der Waals surface area contributed by atoms with Crippen LogP contribution in [0.25, 0.3) is 0 Å². The zero-order valence-electron chi connectivity index (χ0n) is 6.24. The van der Waals surface area contributed by atoms with Crippen molar-refractivity contribution < 1.29 is 14.3 Å². The van der Waals surface area contributed by atoms with E-state index in [0.717, 1.165) is 11.0 Å². The lowest BCUT2D eigenvalue weighted by molar-refractivity contribution is -0.123. The van der Waals surface area contributed by atoms with Gasteiger partial charge in [-0.15, -0.1) is 0 Å². The number of carbonyl (C=O) groups is 2. The maximum absolute atomic E-state index is 10.9. The zero-order chi connectivity index (χ0) is 8.43. The highest BCUT2D eigenvalue weighted by Gasteiger charge is 2.33. The normalized spacial score (nSPS) is 23.2. The van der Waals surface area contributed by atoms with Gasteiger partial charge in [0.25, 0.3) is 5.91 Å². The summed E-state index contributed by atoms with van der Waals surface area (Å²) in [6, 6.07) is -0.173. The van der Waals surface area contributed by atoms with Crippen molar-refractivity contribution in [2.75, 3.05) is 6.61 Å². The van der Waals surface area contributed by atoms with Crippen LogP contribution in [0.4, 0.5) is 4.79 Å². The molecule has 1 fully saturated rings. The third-order valence-electron chi connectivity index (χ3n) is 1.50. The Kier molecular flexibility index (Phi) is 1.94. The van der Waals surface area contributed by atoms with E-state index in [0.29, 0.717) is 0 Å². The van der Waals surface area contributed by atoms with Crippen LogP contribution in [0.5, 0.6) is 0 Å². The van der Waals surface area contributed by atoms with E-state index in [2.05, 4.69) is 11.3 Å². The van der Waals surface area contributed by atoms with E-state index in [9.17, 15) is 9.59 Å². The van der Waals surface area contributed by atoms with E-state index < -0.39 is 12.0 Å². The van der Waals surface area contributed by atoms with Crippen molar-refractivity contribution in [3.05, 3.63) is 12.7 Å². The van der Waals surface area contributed by atoms with Crippen molar-refractivity contribution in [2.45, 2.75) is 13.0 Å². The van der Waals surface area contributed by atoms with E-state index in [-0.39, 0.29) is 12.6 Å². The smallest absolute Gasteiger partial charge is 0.417 e. The van der Waals surface area contributed by atoms with Gasteiger partial charge in [0.2, 0.25) is 0 Å². The SMILES string of the molecule is C=CC(=O)N1C(=O)OC[C@H]1C. The number of imide groups is 1. The highest BCUT2D eigenvalue weighted by atomic mass is 16.6. The molecule has 1 aliphatic heterocycles. The molecule has 0 aromatic rings. The molecule has 0 radical (unpaired) electrons. The summed E-state index contributed by atoms with van der Waals surface area (Å²) in [6.07, 6.45) is 0.519. The summed E-state index contributed by atoms with van der Waals surface area (Å²) in [4.78, 5) is 22.8. The van der Waals surface area contributed by atoms with Crippen LogP contribution >= 0.6 is 0 Å². The molecule has 0 unspecified atom stereocenters. The maximum Gasteiger partial charge on any atom is 0.417 e. The van der Waals surface area contributed by atoms with Crippen LogP contribution in [0.3, 0.4) is 0 Å². The number of cyclic esters (lactones) is 1. The molecule has 0 bridgehead atoms. The summed E-state index contributed by atoms with van der Waals surface area (Å²) in [5, 5.41) is 0. The van der Waals surface area contributed by atoms with E-state index >= 15 is 0 Å². The van der Waals surface area contributed by atoms with Crippen molar-refractivity contribution in [2.24, 2.45) is 0 Å². The molecule has 60 valence electrons. The lowest BCUT2D eigenvalue weighted by Crippen LogP contribution is -2.35. The van der Waals surface area contributed by atoms with E-state index in [1.807, 2.05) is 0 Å². The molecule has 1 heterocycles. The predicted molar refractivity (Wildman–Crippen MR) is 37.9 cm³/mol. The molecule has 2 amide bonds. The molecule has 0 N–H and O–H groups in total. The molecule has 4 heteroatoms. The second-order valence-electron chi connectivity index (χ2n) is 2.34. The van der Waals surface area contributed by atoms with Gasteiger partial charge in [-0.3, -0.25) is 4.79 Å². The number of hydrogen-bond acceptors (Lipinski definition) is 3. The van der Waals surface area contributed by atoms with Crippen LogP contribution in [0.2, 0.25) is 0 Å². The van der Waals surface area contributed by atoms with E-state index in [1.165, 1.54) is 0 Å². The second kappa shape index (κ2) is 2.74. The van der Waals surface area contributed by atoms with Crippen LogP contribution in [0, 0.1) is 0 Å². The molecule has 4 nitrogen and oxygen atoms in total. The summed E-state index contributed by atoms with van der Waals surface area (Å²) in [5.41, 5.74) is 0. The number of carbonyl (C=O) groups excluding carboxylic acids is 2. The fraction of sp³-hybridized carbons (Fsp3) is 0.429. The lowest BCUT2D eigenvalue weighted by atomic mass is 10.3. The van der Waals surface area contributed by atoms with Gasteiger partial charge in [0.1, 0.15) is 6.61 Å². The number of ether oxygens (including phenoxy) is 1. The molecule has 11 heavy (non-hydrogen) atoms. The van der Waals surface area contributed by atoms with Gasteiger partial charge in [-0.05, 0) is 13.0 Å². The minimum absolute atomic E-state index is 0.173. The molecular formula is C7H9NO3. The minimum Gasteiger partial charge on any atom is -0.447 e. The Labute approximate surface area is 64.4 Å².